The molecule has 0 aliphatic heterocycles. The van der Waals surface area contributed by atoms with Gasteiger partial charge in [0.1, 0.15) is 0 Å². The molecule has 0 bridgehead atoms. The van der Waals surface area contributed by atoms with E-state index in [-0.39, 0.29) is 29.9 Å². The lowest BCUT2D eigenvalue weighted by Crippen LogP contribution is -2.45. The highest BCUT2D eigenvalue weighted by Gasteiger charge is 2.44. The Bertz CT molecular complexity index is 505. The fraction of sp³-hybridized carbons (Fsp3) is 0.562. The van der Waals surface area contributed by atoms with Crippen molar-refractivity contribution in [3.63, 3.8) is 0 Å². The lowest BCUT2D eigenvalue weighted by Gasteiger charge is -2.28. The van der Waals surface area contributed by atoms with Gasteiger partial charge in [-0.2, -0.15) is 0 Å². The lowest BCUT2D eigenvalue weighted by molar-refractivity contribution is -0.124. The average Bonchev–Trinajstić information content (AvgIpc) is 3.22. The highest BCUT2D eigenvalue weighted by molar-refractivity contribution is 6.30. The van der Waals surface area contributed by atoms with Crippen LogP contribution in [0.5, 0.6) is 0 Å². The van der Waals surface area contributed by atoms with Gasteiger partial charge in [0.2, 0.25) is 5.91 Å². The maximum Gasteiger partial charge on any atom is 0.224 e. The molecule has 1 aromatic rings. The average molecular weight is 294 g/mol. The van der Waals surface area contributed by atoms with Crippen molar-refractivity contribution in [2.45, 2.75) is 50.2 Å². The zero-order chi connectivity index (χ0) is 14.1. The highest BCUT2D eigenvalue weighted by atomic mass is 35.5. The summed E-state index contributed by atoms with van der Waals surface area (Å²) in [6, 6.07) is 7.68. The number of benzene rings is 1. The number of carbonyl (C=O) groups is 1. The van der Waals surface area contributed by atoms with Crippen LogP contribution in [0.3, 0.4) is 0 Å². The second kappa shape index (κ2) is 5.74. The first-order valence-corrected chi connectivity index (χ1v) is 7.77. The minimum absolute atomic E-state index is 0.0441. The SMILES string of the molecule is O=C(NC1CCCCC1O)C1CC1c1cccc(Cl)c1. The van der Waals surface area contributed by atoms with Gasteiger partial charge < -0.3 is 10.4 Å². The third-order valence-electron chi connectivity index (χ3n) is 4.46. The predicted octanol–water partition coefficient (Wildman–Crippen LogP) is 2.86. The van der Waals surface area contributed by atoms with Gasteiger partial charge >= 0.3 is 0 Å². The number of aliphatic hydroxyl groups excluding tert-OH is 1. The molecule has 20 heavy (non-hydrogen) atoms. The fourth-order valence-electron chi connectivity index (χ4n) is 3.16. The maximum absolute atomic E-state index is 12.2. The summed E-state index contributed by atoms with van der Waals surface area (Å²) in [4.78, 5) is 12.2. The molecular weight excluding hydrogens is 274 g/mol. The van der Waals surface area contributed by atoms with Gasteiger partial charge in [0.05, 0.1) is 12.1 Å². The summed E-state index contributed by atoms with van der Waals surface area (Å²) in [5, 5.41) is 13.6. The van der Waals surface area contributed by atoms with Gasteiger partial charge in [0.15, 0.2) is 0 Å². The first-order chi connectivity index (χ1) is 9.65. The molecule has 108 valence electrons. The molecule has 2 aliphatic carbocycles. The summed E-state index contributed by atoms with van der Waals surface area (Å²) >= 11 is 5.99. The summed E-state index contributed by atoms with van der Waals surface area (Å²) in [6.45, 7) is 0. The Morgan fingerprint density at radius 2 is 2.10 bits per heavy atom. The molecule has 4 unspecified atom stereocenters. The van der Waals surface area contributed by atoms with Crippen LogP contribution in [0, 0.1) is 5.92 Å². The number of halogens is 1. The van der Waals surface area contributed by atoms with Crippen LogP contribution in [0.25, 0.3) is 0 Å². The Labute approximate surface area is 124 Å². The first-order valence-electron chi connectivity index (χ1n) is 7.39. The molecule has 0 spiro atoms. The van der Waals surface area contributed by atoms with E-state index in [1.807, 2.05) is 24.3 Å². The summed E-state index contributed by atoms with van der Waals surface area (Å²) in [6.07, 6.45) is 4.34. The number of hydrogen-bond donors (Lipinski definition) is 2. The van der Waals surface area contributed by atoms with Gasteiger partial charge in [0, 0.05) is 10.9 Å². The van der Waals surface area contributed by atoms with Crippen LogP contribution >= 0.6 is 11.6 Å². The topological polar surface area (TPSA) is 49.3 Å². The van der Waals surface area contributed by atoms with Gasteiger partial charge in [-0.25, -0.2) is 0 Å². The molecule has 2 saturated carbocycles. The minimum atomic E-state index is -0.379. The summed E-state index contributed by atoms with van der Waals surface area (Å²) < 4.78 is 0. The minimum Gasteiger partial charge on any atom is -0.391 e. The van der Waals surface area contributed by atoms with E-state index in [1.54, 1.807) is 0 Å². The first kappa shape index (κ1) is 13.9. The Kier molecular flexibility index (Phi) is 3.99. The largest absolute Gasteiger partial charge is 0.391 e. The standard InChI is InChI=1S/C16H20ClNO2/c17-11-5-3-4-10(8-11)12-9-13(12)16(20)18-14-6-1-2-7-15(14)19/h3-5,8,12-15,19H,1-2,6-7,9H2,(H,18,20). The molecule has 3 nitrogen and oxygen atoms in total. The van der Waals surface area contributed by atoms with Crippen LogP contribution in [0.1, 0.15) is 43.6 Å². The van der Waals surface area contributed by atoms with Crippen LogP contribution in [0.15, 0.2) is 24.3 Å². The van der Waals surface area contributed by atoms with Crippen LogP contribution in [-0.4, -0.2) is 23.2 Å². The number of rotatable bonds is 3. The molecule has 2 fully saturated rings. The second-order valence-corrected chi connectivity index (χ2v) is 6.41. The van der Waals surface area contributed by atoms with E-state index in [2.05, 4.69) is 5.32 Å². The van der Waals surface area contributed by atoms with Crippen molar-refractivity contribution in [3.05, 3.63) is 34.9 Å². The number of hydrogen-bond acceptors (Lipinski definition) is 2. The van der Waals surface area contributed by atoms with Crippen LogP contribution in [-0.2, 0) is 4.79 Å². The van der Waals surface area contributed by atoms with Gasteiger partial charge in [-0.15, -0.1) is 0 Å². The van der Waals surface area contributed by atoms with Crippen molar-refractivity contribution in [1.82, 2.24) is 5.32 Å². The molecule has 0 aromatic heterocycles. The monoisotopic (exact) mass is 293 g/mol. The molecule has 2 aliphatic rings. The van der Waals surface area contributed by atoms with Crippen LogP contribution in [0.2, 0.25) is 5.02 Å². The van der Waals surface area contributed by atoms with Crippen molar-refractivity contribution in [1.29, 1.82) is 0 Å². The fourth-order valence-corrected chi connectivity index (χ4v) is 3.36. The summed E-state index contributed by atoms with van der Waals surface area (Å²) in [7, 11) is 0. The van der Waals surface area contributed by atoms with Crippen molar-refractivity contribution >= 4 is 17.5 Å². The van der Waals surface area contributed by atoms with Gasteiger partial charge in [0.25, 0.3) is 0 Å². The lowest BCUT2D eigenvalue weighted by atomic mass is 9.92. The van der Waals surface area contributed by atoms with E-state index in [9.17, 15) is 9.90 Å². The number of aliphatic hydroxyl groups is 1. The molecule has 0 heterocycles. The maximum atomic E-state index is 12.2. The van der Waals surface area contributed by atoms with Gasteiger partial charge in [-0.3, -0.25) is 4.79 Å². The van der Waals surface area contributed by atoms with Crippen molar-refractivity contribution in [2.75, 3.05) is 0 Å². The Hall–Kier alpha value is -1.06. The van der Waals surface area contributed by atoms with E-state index >= 15 is 0 Å². The molecule has 3 rings (SSSR count). The highest BCUT2D eigenvalue weighted by Crippen LogP contribution is 2.48. The molecule has 1 aromatic carbocycles. The zero-order valence-electron chi connectivity index (χ0n) is 11.4. The zero-order valence-corrected chi connectivity index (χ0v) is 12.1. The smallest absolute Gasteiger partial charge is 0.224 e. The van der Waals surface area contributed by atoms with E-state index < -0.39 is 0 Å². The second-order valence-electron chi connectivity index (χ2n) is 5.97. The van der Waals surface area contributed by atoms with E-state index in [0.717, 1.165) is 42.7 Å². The van der Waals surface area contributed by atoms with E-state index in [4.69, 9.17) is 11.6 Å². The van der Waals surface area contributed by atoms with Gasteiger partial charge in [-0.1, -0.05) is 36.6 Å². The quantitative estimate of drug-likeness (QED) is 0.900. The Morgan fingerprint density at radius 3 is 2.85 bits per heavy atom. The van der Waals surface area contributed by atoms with Crippen molar-refractivity contribution in [2.24, 2.45) is 5.92 Å². The third kappa shape index (κ3) is 2.99. The van der Waals surface area contributed by atoms with Gasteiger partial charge in [-0.05, 0) is 42.9 Å². The molecule has 4 atom stereocenters. The molecular formula is C16H20ClNO2. The van der Waals surface area contributed by atoms with Crippen LogP contribution < -0.4 is 5.32 Å². The van der Waals surface area contributed by atoms with E-state index in [0.29, 0.717) is 0 Å². The van der Waals surface area contributed by atoms with Crippen molar-refractivity contribution in [3.8, 4) is 0 Å². The summed E-state index contributed by atoms with van der Waals surface area (Å²) in [5.74, 6) is 0.415. The number of amides is 1. The molecule has 1 amide bonds. The molecule has 0 saturated heterocycles. The van der Waals surface area contributed by atoms with Crippen LogP contribution in [0.4, 0.5) is 0 Å². The number of carbonyl (C=O) groups excluding carboxylic acids is 1. The van der Waals surface area contributed by atoms with Crippen molar-refractivity contribution < 1.29 is 9.90 Å². The molecule has 2 N–H and O–H groups in total. The molecule has 0 radical (unpaired) electrons. The predicted molar refractivity (Wildman–Crippen MR) is 78.7 cm³/mol. The Morgan fingerprint density at radius 1 is 1.30 bits per heavy atom. The van der Waals surface area contributed by atoms with E-state index in [1.165, 1.54) is 0 Å². The third-order valence-corrected chi connectivity index (χ3v) is 4.70. The normalized spacial score (nSPS) is 32.7. The molecule has 4 heteroatoms. The Balaban J connectivity index is 1.57. The summed E-state index contributed by atoms with van der Waals surface area (Å²) in [5.41, 5.74) is 1.14. The number of nitrogens with one attached hydrogen (secondary N) is 1.